The molecule has 6 aromatic carbocycles. The van der Waals surface area contributed by atoms with E-state index in [9.17, 15) is 21.0 Å². The van der Waals surface area contributed by atoms with E-state index in [4.69, 9.17) is 4.42 Å². The lowest BCUT2D eigenvalue weighted by Crippen LogP contribution is -2.10. The zero-order valence-corrected chi connectivity index (χ0v) is 24.3. The third-order valence-corrected chi connectivity index (χ3v) is 7.99. The number of fused-ring (bicyclic) bond motifs is 3. The van der Waals surface area contributed by atoms with Crippen molar-refractivity contribution >= 4 is 39.0 Å². The van der Waals surface area contributed by atoms with Gasteiger partial charge in [0.05, 0.1) is 34.4 Å². The molecule has 0 bridgehead atoms. The molecule has 0 aliphatic carbocycles. The van der Waals surface area contributed by atoms with E-state index in [0.717, 1.165) is 55.6 Å². The van der Waals surface area contributed by atoms with Crippen LogP contribution in [0.3, 0.4) is 0 Å². The van der Waals surface area contributed by atoms with Crippen molar-refractivity contribution in [3.8, 4) is 46.5 Å². The summed E-state index contributed by atoms with van der Waals surface area (Å²) in [4.78, 5) is 2.02. The Hall–Kier alpha value is -7.12. The number of furan rings is 1. The van der Waals surface area contributed by atoms with Crippen LogP contribution in [-0.4, -0.2) is 0 Å². The molecule has 6 nitrogen and oxygen atoms in total. The summed E-state index contributed by atoms with van der Waals surface area (Å²) < 4.78 is 6.28. The van der Waals surface area contributed by atoms with Gasteiger partial charge < -0.3 is 9.32 Å². The van der Waals surface area contributed by atoms with E-state index < -0.39 is 0 Å². The lowest BCUT2D eigenvalue weighted by atomic mass is 9.99. The minimum absolute atomic E-state index is 0.284. The summed E-state index contributed by atoms with van der Waals surface area (Å²) in [6.07, 6.45) is 0. The van der Waals surface area contributed by atoms with E-state index in [1.54, 1.807) is 30.3 Å². The largest absolute Gasteiger partial charge is 0.455 e. The molecule has 0 saturated carbocycles. The smallest absolute Gasteiger partial charge is 0.143 e. The molecule has 1 heterocycles. The van der Waals surface area contributed by atoms with Gasteiger partial charge in [-0.05, 0) is 83.4 Å². The maximum absolute atomic E-state index is 9.77. The number of benzene rings is 6. The van der Waals surface area contributed by atoms with Crippen LogP contribution >= 0.6 is 0 Å². The van der Waals surface area contributed by atoms with Gasteiger partial charge in [-0.2, -0.15) is 21.0 Å². The first-order chi connectivity index (χ1) is 22.6. The van der Waals surface area contributed by atoms with Crippen molar-refractivity contribution in [3.05, 3.63) is 150 Å². The molecule has 7 aromatic rings. The first kappa shape index (κ1) is 27.7. The van der Waals surface area contributed by atoms with Crippen molar-refractivity contribution in [1.29, 1.82) is 21.0 Å². The van der Waals surface area contributed by atoms with Gasteiger partial charge in [-0.1, -0.05) is 60.7 Å². The molecule has 0 unspecified atom stereocenters. The summed E-state index contributed by atoms with van der Waals surface area (Å²) in [5.74, 6) is 0. The Bertz CT molecular complexity index is 2430. The van der Waals surface area contributed by atoms with Gasteiger partial charge in [-0.25, -0.2) is 0 Å². The van der Waals surface area contributed by atoms with Crippen LogP contribution in [0.5, 0.6) is 0 Å². The number of hydrogen-bond donors (Lipinski definition) is 0. The first-order valence-corrected chi connectivity index (χ1v) is 14.4. The zero-order valence-electron chi connectivity index (χ0n) is 24.3. The van der Waals surface area contributed by atoms with Crippen LogP contribution in [0.1, 0.15) is 22.3 Å². The van der Waals surface area contributed by atoms with E-state index in [2.05, 4.69) is 42.5 Å². The fraction of sp³-hybridized carbons (Fsp3) is 0. The Morgan fingerprint density at radius 3 is 1.72 bits per heavy atom. The molecule has 0 aliphatic rings. The molecule has 0 spiro atoms. The summed E-state index contributed by atoms with van der Waals surface area (Å²) in [6.45, 7) is 0. The van der Waals surface area contributed by atoms with Crippen molar-refractivity contribution in [2.24, 2.45) is 0 Å². The predicted molar refractivity (Wildman–Crippen MR) is 178 cm³/mol. The van der Waals surface area contributed by atoms with Crippen LogP contribution in [0.25, 0.3) is 44.2 Å². The van der Waals surface area contributed by atoms with E-state index >= 15 is 0 Å². The van der Waals surface area contributed by atoms with Crippen molar-refractivity contribution < 1.29 is 4.42 Å². The second-order valence-electron chi connectivity index (χ2n) is 10.7. The maximum Gasteiger partial charge on any atom is 0.143 e. The number of rotatable bonds is 5. The lowest BCUT2D eigenvalue weighted by molar-refractivity contribution is 0.670. The van der Waals surface area contributed by atoms with Gasteiger partial charge in [0.1, 0.15) is 23.3 Å². The van der Waals surface area contributed by atoms with Gasteiger partial charge in [-0.15, -0.1) is 0 Å². The Labute approximate surface area is 265 Å². The minimum atomic E-state index is 0.284. The summed E-state index contributed by atoms with van der Waals surface area (Å²) >= 11 is 0. The molecular weight excluding hydrogens is 566 g/mol. The molecule has 0 fully saturated rings. The van der Waals surface area contributed by atoms with Crippen molar-refractivity contribution in [2.45, 2.75) is 0 Å². The third kappa shape index (κ3) is 4.86. The Morgan fingerprint density at radius 1 is 0.457 bits per heavy atom. The van der Waals surface area contributed by atoms with E-state index in [0.29, 0.717) is 22.4 Å². The van der Waals surface area contributed by atoms with Gasteiger partial charge in [0.2, 0.25) is 0 Å². The highest BCUT2D eigenvalue weighted by atomic mass is 16.3. The molecule has 6 heteroatoms. The highest BCUT2D eigenvalue weighted by molar-refractivity contribution is 6.09. The average Bonchev–Trinajstić information content (AvgIpc) is 3.51. The van der Waals surface area contributed by atoms with E-state index in [-0.39, 0.29) is 5.56 Å². The Kier molecular flexibility index (Phi) is 6.94. The third-order valence-electron chi connectivity index (χ3n) is 7.99. The molecule has 0 atom stereocenters. The normalized spacial score (nSPS) is 10.5. The standard InChI is InChI=1S/C40H21N5O/c41-22-26-18-27(23-42)20-31(19-26)28-8-13-33(14-9-28)45(35-17-12-30(24-43)32(21-35)25-44)34-15-10-29(11-16-34)36-5-3-6-38-37-4-1-2-7-39(37)46-40(36)38/h1-21H. The quantitative estimate of drug-likeness (QED) is 0.198. The highest BCUT2D eigenvalue weighted by Crippen LogP contribution is 2.40. The van der Waals surface area contributed by atoms with Gasteiger partial charge in [-0.3, -0.25) is 0 Å². The van der Waals surface area contributed by atoms with Crippen LogP contribution in [0.4, 0.5) is 17.1 Å². The predicted octanol–water partition coefficient (Wildman–Crippen LogP) is 9.88. The molecule has 212 valence electrons. The summed E-state index contributed by atoms with van der Waals surface area (Å²) in [5.41, 5.74) is 9.07. The van der Waals surface area contributed by atoms with Crippen LogP contribution < -0.4 is 4.90 Å². The van der Waals surface area contributed by atoms with Gasteiger partial charge in [0.15, 0.2) is 0 Å². The van der Waals surface area contributed by atoms with Crippen LogP contribution in [0.2, 0.25) is 0 Å². The molecule has 1 aromatic heterocycles. The average molecular weight is 588 g/mol. The SMILES string of the molecule is N#Cc1cc(C#N)cc(-c2ccc(N(c3ccc(-c4cccc5c4oc4ccccc45)cc3)c3ccc(C#N)c(C#N)c3)cc2)c1. The fourth-order valence-corrected chi connectivity index (χ4v) is 5.80. The van der Waals surface area contributed by atoms with Crippen LogP contribution in [0, 0.1) is 45.3 Å². The minimum Gasteiger partial charge on any atom is -0.455 e. The van der Waals surface area contributed by atoms with Crippen LogP contribution in [-0.2, 0) is 0 Å². The molecule has 46 heavy (non-hydrogen) atoms. The second-order valence-corrected chi connectivity index (χ2v) is 10.7. The monoisotopic (exact) mass is 587 g/mol. The summed E-state index contributed by atoms with van der Waals surface area (Å²) in [6, 6.07) is 48.8. The molecule has 0 saturated heterocycles. The zero-order chi connectivity index (χ0) is 31.6. The highest BCUT2D eigenvalue weighted by Gasteiger charge is 2.17. The van der Waals surface area contributed by atoms with Gasteiger partial charge in [0, 0.05) is 33.4 Å². The molecule has 0 aliphatic heterocycles. The summed E-state index contributed by atoms with van der Waals surface area (Å²) in [7, 11) is 0. The van der Waals surface area contributed by atoms with Crippen molar-refractivity contribution in [3.63, 3.8) is 0 Å². The number of nitriles is 4. The van der Waals surface area contributed by atoms with Crippen molar-refractivity contribution in [1.82, 2.24) is 0 Å². The van der Waals surface area contributed by atoms with Crippen molar-refractivity contribution in [2.75, 3.05) is 4.90 Å². The maximum atomic E-state index is 9.77. The molecule has 7 rings (SSSR count). The van der Waals surface area contributed by atoms with E-state index in [1.165, 1.54) is 0 Å². The number of nitrogens with zero attached hydrogens (tertiary/aromatic N) is 5. The molecule has 0 amide bonds. The van der Waals surface area contributed by atoms with E-state index in [1.807, 2.05) is 83.8 Å². The Balaban J connectivity index is 1.32. The Morgan fingerprint density at radius 2 is 1.07 bits per heavy atom. The summed E-state index contributed by atoms with van der Waals surface area (Å²) in [5, 5.41) is 40.3. The topological polar surface area (TPSA) is 112 Å². The van der Waals surface area contributed by atoms with Gasteiger partial charge in [0.25, 0.3) is 0 Å². The second kappa shape index (κ2) is 11.5. The van der Waals surface area contributed by atoms with Gasteiger partial charge >= 0.3 is 0 Å². The molecule has 0 radical (unpaired) electrons. The van der Waals surface area contributed by atoms with Crippen LogP contribution in [0.15, 0.2) is 132 Å². The molecular formula is C40H21N5O. The number of anilines is 3. The first-order valence-electron chi connectivity index (χ1n) is 14.4. The lowest BCUT2D eigenvalue weighted by Gasteiger charge is -2.26. The molecule has 0 N–H and O–H groups in total. The number of hydrogen-bond acceptors (Lipinski definition) is 6. The fourth-order valence-electron chi connectivity index (χ4n) is 5.80. The number of para-hydroxylation sites is 2.